The minimum absolute atomic E-state index is 0.115. The summed E-state index contributed by atoms with van der Waals surface area (Å²) in [6.07, 6.45) is -0.414. The van der Waals surface area contributed by atoms with Gasteiger partial charge in [-0.1, -0.05) is 72.8 Å². The van der Waals surface area contributed by atoms with Gasteiger partial charge < -0.3 is 21.1 Å². The maximum atomic E-state index is 13.6. The molecule has 0 radical (unpaired) electrons. The average molecular weight is 529 g/mol. The molecule has 1 aromatic heterocycles. The Morgan fingerprint density at radius 2 is 1.58 bits per heavy atom. The van der Waals surface area contributed by atoms with Crippen molar-refractivity contribution in [2.45, 2.75) is 25.5 Å². The van der Waals surface area contributed by atoms with Gasteiger partial charge in [-0.2, -0.15) is 0 Å². The molecule has 3 aromatic carbocycles. The van der Waals surface area contributed by atoms with Crippen molar-refractivity contribution in [3.8, 4) is 10.6 Å². The van der Waals surface area contributed by atoms with Gasteiger partial charge >= 0.3 is 0 Å². The number of benzene rings is 3. The summed E-state index contributed by atoms with van der Waals surface area (Å²) in [5, 5.41) is 15.4. The van der Waals surface area contributed by atoms with Crippen molar-refractivity contribution in [3.63, 3.8) is 0 Å². The largest absolute Gasteiger partial charge is 0.392 e. The Kier molecular flexibility index (Phi) is 9.37. The minimum Gasteiger partial charge on any atom is -0.392 e. The number of primary amides is 1. The number of nitrogens with two attached hydrogens (primary N) is 1. The van der Waals surface area contributed by atoms with Crippen LogP contribution in [0.1, 0.15) is 40.0 Å². The number of nitrogens with zero attached hydrogens (tertiary/aromatic N) is 2. The quantitative estimate of drug-likeness (QED) is 0.257. The van der Waals surface area contributed by atoms with Gasteiger partial charge in [-0.25, -0.2) is 4.98 Å². The van der Waals surface area contributed by atoms with Gasteiger partial charge in [-0.3, -0.25) is 9.59 Å². The molecule has 1 heterocycles. The average Bonchev–Trinajstić information content (AvgIpc) is 3.40. The van der Waals surface area contributed by atoms with Crippen LogP contribution in [-0.2, 0) is 11.3 Å². The summed E-state index contributed by atoms with van der Waals surface area (Å²) >= 11 is 1.52. The molecular weight excluding hydrogens is 496 g/mol. The van der Waals surface area contributed by atoms with Crippen LogP contribution < -0.4 is 11.1 Å². The topological polar surface area (TPSA) is 109 Å². The number of thiazole rings is 1. The lowest BCUT2D eigenvalue weighted by molar-refractivity contribution is -0.118. The van der Waals surface area contributed by atoms with Crippen LogP contribution in [0.25, 0.3) is 10.6 Å². The van der Waals surface area contributed by atoms with Gasteiger partial charge in [0.2, 0.25) is 5.91 Å². The van der Waals surface area contributed by atoms with E-state index in [4.69, 9.17) is 5.73 Å². The molecule has 2 amide bonds. The van der Waals surface area contributed by atoms with Crippen LogP contribution in [0.2, 0.25) is 0 Å². The summed E-state index contributed by atoms with van der Waals surface area (Å²) in [7, 11) is 0. The zero-order valence-electron chi connectivity index (χ0n) is 21.3. The number of rotatable bonds is 12. The zero-order valence-corrected chi connectivity index (χ0v) is 22.1. The van der Waals surface area contributed by atoms with Crippen LogP contribution in [-0.4, -0.2) is 52.5 Å². The van der Waals surface area contributed by atoms with E-state index in [9.17, 15) is 14.7 Å². The molecule has 0 saturated carbocycles. The lowest BCUT2D eigenvalue weighted by Gasteiger charge is -2.28. The molecular formula is C30H32N4O3S. The molecule has 38 heavy (non-hydrogen) atoms. The number of nitrogens with one attached hydrogen (secondary N) is 1. The lowest BCUT2D eigenvalue weighted by Crippen LogP contribution is -2.41. The third-order valence-electron chi connectivity index (χ3n) is 6.12. The first kappa shape index (κ1) is 27.2. The van der Waals surface area contributed by atoms with Crippen molar-refractivity contribution in [1.29, 1.82) is 0 Å². The molecule has 0 aliphatic rings. The van der Waals surface area contributed by atoms with Gasteiger partial charge in [-0.05, 0) is 30.2 Å². The zero-order chi connectivity index (χ0) is 26.9. The maximum Gasteiger partial charge on any atom is 0.254 e. The van der Waals surface area contributed by atoms with Gasteiger partial charge in [0.05, 0.1) is 18.3 Å². The molecule has 0 saturated heterocycles. The van der Waals surface area contributed by atoms with Gasteiger partial charge in [0, 0.05) is 42.1 Å². The number of hydrogen-bond donors (Lipinski definition) is 3. The van der Waals surface area contributed by atoms with E-state index in [1.807, 2.05) is 78.2 Å². The molecule has 0 fully saturated rings. The molecule has 0 bridgehead atoms. The van der Waals surface area contributed by atoms with Crippen LogP contribution in [0.3, 0.4) is 0 Å². The number of aliphatic hydroxyl groups excluding tert-OH is 1. The molecule has 0 unspecified atom stereocenters. The van der Waals surface area contributed by atoms with E-state index in [1.165, 1.54) is 16.2 Å². The fourth-order valence-corrected chi connectivity index (χ4v) is 5.10. The van der Waals surface area contributed by atoms with E-state index in [2.05, 4.69) is 10.3 Å². The summed E-state index contributed by atoms with van der Waals surface area (Å²) in [6.45, 7) is 2.94. The van der Waals surface area contributed by atoms with Crippen LogP contribution >= 0.6 is 11.3 Å². The van der Waals surface area contributed by atoms with Crippen LogP contribution in [0, 0.1) is 0 Å². The van der Waals surface area contributed by atoms with Crippen molar-refractivity contribution in [1.82, 2.24) is 15.2 Å². The van der Waals surface area contributed by atoms with E-state index in [1.54, 1.807) is 19.1 Å². The van der Waals surface area contributed by atoms with Crippen molar-refractivity contribution in [2.75, 3.05) is 19.6 Å². The minimum atomic E-state index is -0.561. The highest BCUT2D eigenvalue weighted by molar-refractivity contribution is 7.13. The lowest BCUT2D eigenvalue weighted by atomic mass is 9.90. The van der Waals surface area contributed by atoms with E-state index in [0.717, 1.165) is 27.4 Å². The van der Waals surface area contributed by atoms with Crippen LogP contribution in [0.15, 0.2) is 90.3 Å². The summed E-state index contributed by atoms with van der Waals surface area (Å²) in [5.74, 6) is -0.931. The Morgan fingerprint density at radius 3 is 2.13 bits per heavy atom. The van der Waals surface area contributed by atoms with E-state index >= 15 is 0 Å². The highest BCUT2D eigenvalue weighted by atomic mass is 32.1. The molecule has 0 aliphatic heterocycles. The third-order valence-corrected chi connectivity index (χ3v) is 7.06. The van der Waals surface area contributed by atoms with Gasteiger partial charge in [0.1, 0.15) is 5.01 Å². The smallest absolute Gasteiger partial charge is 0.254 e. The Bertz CT molecular complexity index is 1290. The first-order valence-corrected chi connectivity index (χ1v) is 13.4. The summed E-state index contributed by atoms with van der Waals surface area (Å²) in [6, 6.07) is 27.2. The molecule has 196 valence electrons. The number of carbonyl (C=O) groups is 2. The third kappa shape index (κ3) is 7.35. The molecule has 0 spiro atoms. The molecule has 4 aromatic rings. The fourth-order valence-electron chi connectivity index (χ4n) is 4.27. The second-order valence-corrected chi connectivity index (χ2v) is 10.1. The Hall–Kier alpha value is -3.85. The summed E-state index contributed by atoms with van der Waals surface area (Å²) < 4.78 is 0. The molecule has 7 nitrogen and oxygen atoms in total. The van der Waals surface area contributed by atoms with E-state index in [0.29, 0.717) is 25.2 Å². The predicted octanol–water partition coefficient (Wildman–Crippen LogP) is 4.04. The van der Waals surface area contributed by atoms with Gasteiger partial charge in [-0.15, -0.1) is 11.3 Å². The van der Waals surface area contributed by atoms with Crippen molar-refractivity contribution in [3.05, 3.63) is 113 Å². The monoisotopic (exact) mass is 528 g/mol. The fraction of sp³-hybridized carbons (Fsp3) is 0.233. The SMILES string of the molecule is C[C@H](O)CNCc1csc(-c2ccc(C(=O)N(CC(N)=O)CC(c3ccccc3)c3ccccc3)cc2)n1. The van der Waals surface area contributed by atoms with Crippen molar-refractivity contribution >= 4 is 23.2 Å². The van der Waals surface area contributed by atoms with E-state index < -0.39 is 12.0 Å². The van der Waals surface area contributed by atoms with Crippen LogP contribution in [0.4, 0.5) is 0 Å². The Balaban J connectivity index is 1.53. The predicted molar refractivity (Wildman–Crippen MR) is 151 cm³/mol. The molecule has 8 heteroatoms. The maximum absolute atomic E-state index is 13.6. The Labute approximate surface area is 227 Å². The van der Waals surface area contributed by atoms with Crippen molar-refractivity contribution in [2.24, 2.45) is 5.73 Å². The highest BCUT2D eigenvalue weighted by Gasteiger charge is 2.24. The summed E-state index contributed by atoms with van der Waals surface area (Å²) in [5.41, 5.74) is 9.94. The summed E-state index contributed by atoms with van der Waals surface area (Å²) in [4.78, 5) is 31.7. The molecule has 1 atom stereocenters. The van der Waals surface area contributed by atoms with E-state index in [-0.39, 0.29) is 18.4 Å². The van der Waals surface area contributed by atoms with Gasteiger partial charge in [0.15, 0.2) is 0 Å². The van der Waals surface area contributed by atoms with Crippen molar-refractivity contribution < 1.29 is 14.7 Å². The highest BCUT2D eigenvalue weighted by Crippen LogP contribution is 2.27. The Morgan fingerprint density at radius 1 is 0.974 bits per heavy atom. The standard InChI is InChI=1S/C30H32N4O3S/c1-21(35)16-32-17-26-20-38-29(33-26)24-12-14-25(15-13-24)30(37)34(19-28(31)36)18-27(22-8-4-2-5-9-22)23-10-6-3-7-11-23/h2-15,20-21,27,32,35H,16-19H2,1H3,(H2,31,36)/t21-/m0/s1. The normalized spacial score (nSPS) is 11.9. The molecule has 4 N–H and O–H groups in total. The number of amides is 2. The molecule has 0 aliphatic carbocycles. The number of aliphatic hydroxyl groups is 1. The van der Waals surface area contributed by atoms with Crippen LogP contribution in [0.5, 0.6) is 0 Å². The molecule has 4 rings (SSSR count). The number of carbonyl (C=O) groups excluding carboxylic acids is 2. The number of hydrogen-bond acceptors (Lipinski definition) is 6. The van der Waals surface area contributed by atoms with Gasteiger partial charge in [0.25, 0.3) is 5.91 Å². The number of aromatic nitrogens is 1. The first-order chi connectivity index (χ1) is 18.4. The second kappa shape index (κ2) is 13.1. The first-order valence-electron chi connectivity index (χ1n) is 12.5. The second-order valence-electron chi connectivity index (χ2n) is 9.23.